The van der Waals surface area contributed by atoms with Gasteiger partial charge in [0.2, 0.25) is 0 Å². The maximum atomic E-state index is 5.46. The smallest absolute Gasteiger partial charge is 0.0964 e. The van der Waals surface area contributed by atoms with Gasteiger partial charge in [0, 0.05) is 19.3 Å². The highest BCUT2D eigenvalue weighted by molar-refractivity contribution is 4.91. The summed E-state index contributed by atoms with van der Waals surface area (Å²) in [6.07, 6.45) is 4.13. The normalized spacial score (nSPS) is 11.1. The first-order chi connectivity index (χ1) is 9.36. The highest BCUT2D eigenvalue weighted by Gasteiger charge is 1.99. The third-order valence-corrected chi connectivity index (χ3v) is 2.50. The van der Waals surface area contributed by atoms with Crippen LogP contribution in [0.3, 0.4) is 0 Å². The molecule has 0 spiro atoms. The Balaban J connectivity index is 2.03. The number of hydrogen-bond donors (Lipinski definition) is 1. The van der Waals surface area contributed by atoms with Crippen LogP contribution in [0.1, 0.15) is 32.4 Å². The van der Waals surface area contributed by atoms with Crippen molar-refractivity contribution < 1.29 is 9.47 Å². The first-order valence-electron chi connectivity index (χ1n) is 7.12. The second-order valence-corrected chi connectivity index (χ2v) is 4.37. The highest BCUT2D eigenvalue weighted by Crippen LogP contribution is 1.93. The van der Waals surface area contributed by atoms with Crippen molar-refractivity contribution in [1.29, 1.82) is 0 Å². The van der Waals surface area contributed by atoms with E-state index in [0.717, 1.165) is 44.8 Å². The van der Waals surface area contributed by atoms with Crippen molar-refractivity contribution >= 4 is 0 Å². The molecule has 0 amide bonds. The Bertz CT molecular complexity index is 317. The zero-order valence-corrected chi connectivity index (χ0v) is 12.1. The van der Waals surface area contributed by atoms with Gasteiger partial charge < -0.3 is 14.8 Å². The summed E-state index contributed by atoms with van der Waals surface area (Å²) in [5.74, 6) is 0. The van der Waals surface area contributed by atoms with Crippen LogP contribution in [-0.2, 0) is 22.6 Å². The van der Waals surface area contributed by atoms with Gasteiger partial charge in [0.1, 0.15) is 0 Å². The lowest BCUT2D eigenvalue weighted by molar-refractivity contribution is 0.0441. The van der Waals surface area contributed by atoms with Gasteiger partial charge >= 0.3 is 0 Å². The molecule has 19 heavy (non-hydrogen) atoms. The van der Waals surface area contributed by atoms with Crippen molar-refractivity contribution in [1.82, 2.24) is 20.3 Å². The van der Waals surface area contributed by atoms with Crippen molar-refractivity contribution in [3.63, 3.8) is 0 Å². The topological polar surface area (TPSA) is 61.2 Å². The van der Waals surface area contributed by atoms with Crippen molar-refractivity contribution in [3.8, 4) is 0 Å². The summed E-state index contributed by atoms with van der Waals surface area (Å²) in [4.78, 5) is 0. The standard InChI is InChI=1S/C13H26N4O2/c1-3-5-14-11-13-12-17(16-15-13)6-8-19-10-9-18-7-4-2/h12,14H,3-11H2,1-2H3. The van der Waals surface area contributed by atoms with E-state index in [2.05, 4.69) is 29.5 Å². The molecule has 0 fully saturated rings. The Labute approximate surface area is 115 Å². The van der Waals surface area contributed by atoms with Crippen molar-refractivity contribution in [2.75, 3.05) is 33.0 Å². The molecule has 0 aliphatic carbocycles. The first kappa shape index (κ1) is 16.1. The van der Waals surface area contributed by atoms with E-state index in [1.54, 1.807) is 0 Å². The van der Waals surface area contributed by atoms with Gasteiger partial charge in [0.25, 0.3) is 0 Å². The van der Waals surface area contributed by atoms with Gasteiger partial charge in [0.05, 0.1) is 32.1 Å². The second-order valence-electron chi connectivity index (χ2n) is 4.37. The first-order valence-corrected chi connectivity index (χ1v) is 7.12. The van der Waals surface area contributed by atoms with Crippen LogP contribution in [0, 0.1) is 0 Å². The molecule has 110 valence electrons. The molecule has 0 unspecified atom stereocenters. The minimum Gasteiger partial charge on any atom is -0.379 e. The van der Waals surface area contributed by atoms with Gasteiger partial charge in [-0.25, -0.2) is 4.68 Å². The lowest BCUT2D eigenvalue weighted by Gasteiger charge is -2.04. The molecular weight excluding hydrogens is 244 g/mol. The third kappa shape index (κ3) is 7.92. The van der Waals surface area contributed by atoms with Gasteiger partial charge in [-0.15, -0.1) is 5.10 Å². The summed E-state index contributed by atoms with van der Waals surface area (Å²) >= 11 is 0. The van der Waals surface area contributed by atoms with Crippen LogP contribution in [0.4, 0.5) is 0 Å². The van der Waals surface area contributed by atoms with Gasteiger partial charge in [-0.05, 0) is 19.4 Å². The molecule has 1 rings (SSSR count). The molecule has 0 aromatic carbocycles. The second kappa shape index (κ2) is 10.9. The monoisotopic (exact) mass is 270 g/mol. The molecule has 0 aliphatic rings. The summed E-state index contributed by atoms with van der Waals surface area (Å²) in [6.45, 7) is 9.50. The van der Waals surface area contributed by atoms with E-state index in [1.807, 2.05) is 10.9 Å². The van der Waals surface area contributed by atoms with Crippen LogP contribution in [0.15, 0.2) is 6.20 Å². The number of hydrogen-bond acceptors (Lipinski definition) is 5. The summed E-state index contributed by atoms with van der Waals surface area (Å²) in [7, 11) is 0. The zero-order valence-electron chi connectivity index (χ0n) is 12.1. The fraction of sp³-hybridized carbons (Fsp3) is 0.846. The van der Waals surface area contributed by atoms with Crippen LogP contribution < -0.4 is 5.32 Å². The van der Waals surface area contributed by atoms with Crippen molar-refractivity contribution in [2.24, 2.45) is 0 Å². The molecule has 0 atom stereocenters. The van der Waals surface area contributed by atoms with Crippen molar-refractivity contribution in [2.45, 2.75) is 39.8 Å². The third-order valence-electron chi connectivity index (χ3n) is 2.50. The van der Waals surface area contributed by atoms with Gasteiger partial charge in [-0.2, -0.15) is 0 Å². The van der Waals surface area contributed by atoms with E-state index >= 15 is 0 Å². The quantitative estimate of drug-likeness (QED) is 0.579. The minimum atomic E-state index is 0.639. The number of rotatable bonds is 12. The summed E-state index contributed by atoms with van der Waals surface area (Å²) in [5.41, 5.74) is 0.972. The largest absolute Gasteiger partial charge is 0.379 e. The molecular formula is C13H26N4O2. The average molecular weight is 270 g/mol. The van der Waals surface area contributed by atoms with Gasteiger partial charge in [0.15, 0.2) is 0 Å². The lowest BCUT2D eigenvalue weighted by atomic mass is 10.4. The van der Waals surface area contributed by atoms with E-state index < -0.39 is 0 Å². The Kier molecular flexibility index (Phi) is 9.22. The Hall–Kier alpha value is -0.980. The molecule has 1 aromatic heterocycles. The predicted molar refractivity (Wildman–Crippen MR) is 73.9 cm³/mol. The SMILES string of the molecule is CCCNCc1cn(CCOCCOCCC)nn1. The highest BCUT2D eigenvalue weighted by atomic mass is 16.5. The molecule has 0 bridgehead atoms. The number of nitrogens with one attached hydrogen (secondary N) is 1. The maximum Gasteiger partial charge on any atom is 0.0964 e. The average Bonchev–Trinajstić information content (AvgIpc) is 2.86. The van der Waals surface area contributed by atoms with Gasteiger partial charge in [-0.1, -0.05) is 19.1 Å². The van der Waals surface area contributed by atoms with Crippen LogP contribution in [0.25, 0.3) is 0 Å². The molecule has 1 heterocycles. The Morgan fingerprint density at radius 1 is 1.11 bits per heavy atom. The number of aromatic nitrogens is 3. The van der Waals surface area contributed by atoms with Crippen LogP contribution in [0.2, 0.25) is 0 Å². The van der Waals surface area contributed by atoms with E-state index in [4.69, 9.17) is 9.47 Å². The molecule has 6 nitrogen and oxygen atoms in total. The fourth-order valence-corrected chi connectivity index (χ4v) is 1.55. The van der Waals surface area contributed by atoms with Crippen LogP contribution >= 0.6 is 0 Å². The molecule has 1 N–H and O–H groups in total. The van der Waals surface area contributed by atoms with Crippen LogP contribution in [0.5, 0.6) is 0 Å². The molecule has 6 heteroatoms. The molecule has 0 aliphatic heterocycles. The van der Waals surface area contributed by atoms with E-state index in [0.29, 0.717) is 19.8 Å². The Morgan fingerprint density at radius 2 is 1.89 bits per heavy atom. The van der Waals surface area contributed by atoms with Crippen LogP contribution in [-0.4, -0.2) is 48.0 Å². The summed E-state index contributed by atoms with van der Waals surface area (Å²) in [6, 6.07) is 0. The molecule has 0 saturated heterocycles. The number of nitrogens with zero attached hydrogens (tertiary/aromatic N) is 3. The fourth-order valence-electron chi connectivity index (χ4n) is 1.55. The number of ether oxygens (including phenoxy) is 2. The zero-order chi connectivity index (χ0) is 13.8. The predicted octanol–water partition coefficient (Wildman–Crippen LogP) is 1.22. The summed E-state index contributed by atoms with van der Waals surface area (Å²) < 4.78 is 12.6. The summed E-state index contributed by atoms with van der Waals surface area (Å²) in [5, 5.41) is 11.5. The van der Waals surface area contributed by atoms with Gasteiger partial charge in [-0.3, -0.25) is 0 Å². The Morgan fingerprint density at radius 3 is 2.63 bits per heavy atom. The van der Waals surface area contributed by atoms with Crippen molar-refractivity contribution in [3.05, 3.63) is 11.9 Å². The van der Waals surface area contributed by atoms with E-state index in [-0.39, 0.29) is 0 Å². The van der Waals surface area contributed by atoms with E-state index in [1.165, 1.54) is 0 Å². The minimum absolute atomic E-state index is 0.639. The molecule has 0 saturated carbocycles. The molecule has 0 radical (unpaired) electrons. The molecule has 1 aromatic rings. The van der Waals surface area contributed by atoms with E-state index in [9.17, 15) is 0 Å². The maximum absolute atomic E-state index is 5.46. The lowest BCUT2D eigenvalue weighted by Crippen LogP contribution is -2.14.